The number of carbonyl (C=O) groups excluding carboxylic acids is 2. The highest BCUT2D eigenvalue weighted by atomic mass is 32.2. The first-order valence-electron chi connectivity index (χ1n) is 7.58. The first kappa shape index (κ1) is 18.8. The summed E-state index contributed by atoms with van der Waals surface area (Å²) in [7, 11) is -3.76. The van der Waals surface area contributed by atoms with Crippen LogP contribution in [0.15, 0.2) is 46.8 Å². The maximum atomic E-state index is 12.1. The Morgan fingerprint density at radius 2 is 1.93 bits per heavy atom. The number of rotatable bonds is 6. The number of primary amides is 1. The molecule has 0 radical (unpaired) electrons. The Morgan fingerprint density at radius 1 is 1.22 bits per heavy atom. The SMILES string of the molecule is NC(=O)c1cc(-c2csc(NC(=O)Cc3ccc(S(N)(=O)=O)cc3)n2)c[nH]1. The van der Waals surface area contributed by atoms with Crippen LogP contribution in [-0.4, -0.2) is 30.2 Å². The van der Waals surface area contributed by atoms with Crippen LogP contribution in [0.3, 0.4) is 0 Å². The average molecular weight is 405 g/mol. The van der Waals surface area contributed by atoms with E-state index < -0.39 is 15.9 Å². The van der Waals surface area contributed by atoms with Crippen LogP contribution in [0, 0.1) is 0 Å². The van der Waals surface area contributed by atoms with Crippen molar-refractivity contribution in [1.29, 1.82) is 0 Å². The Hall–Kier alpha value is -3.02. The molecular formula is C16H15N5O4S2. The molecule has 27 heavy (non-hydrogen) atoms. The molecule has 2 aromatic heterocycles. The lowest BCUT2D eigenvalue weighted by Gasteiger charge is -2.03. The van der Waals surface area contributed by atoms with Crippen LogP contribution in [0.5, 0.6) is 0 Å². The lowest BCUT2D eigenvalue weighted by Crippen LogP contribution is -2.15. The monoisotopic (exact) mass is 405 g/mol. The van der Waals surface area contributed by atoms with Crippen LogP contribution < -0.4 is 16.2 Å². The normalized spacial score (nSPS) is 11.3. The second kappa shape index (κ2) is 7.31. The molecule has 0 aliphatic heterocycles. The summed E-state index contributed by atoms with van der Waals surface area (Å²) in [6.45, 7) is 0. The van der Waals surface area contributed by atoms with E-state index in [0.717, 1.165) is 0 Å². The molecule has 0 aliphatic rings. The minimum absolute atomic E-state index is 0.0157. The summed E-state index contributed by atoms with van der Waals surface area (Å²) >= 11 is 1.24. The number of hydrogen-bond donors (Lipinski definition) is 4. The van der Waals surface area contributed by atoms with Gasteiger partial charge in [0.1, 0.15) is 5.69 Å². The summed E-state index contributed by atoms with van der Waals surface area (Å²) < 4.78 is 22.5. The number of H-pyrrole nitrogens is 1. The molecule has 3 aromatic rings. The smallest absolute Gasteiger partial charge is 0.265 e. The Kier molecular flexibility index (Phi) is 5.08. The molecular weight excluding hydrogens is 390 g/mol. The molecule has 0 unspecified atom stereocenters. The second-order valence-corrected chi connectivity index (χ2v) is 8.04. The number of nitrogens with two attached hydrogens (primary N) is 2. The fraction of sp³-hybridized carbons (Fsp3) is 0.0625. The number of hydrogen-bond acceptors (Lipinski definition) is 6. The number of thiazole rings is 1. The van der Waals surface area contributed by atoms with Crippen molar-refractivity contribution in [3.63, 3.8) is 0 Å². The highest BCUT2D eigenvalue weighted by molar-refractivity contribution is 7.89. The van der Waals surface area contributed by atoms with Gasteiger partial charge < -0.3 is 16.0 Å². The van der Waals surface area contributed by atoms with E-state index in [2.05, 4.69) is 15.3 Å². The molecule has 0 bridgehead atoms. The number of nitrogens with zero attached hydrogens (tertiary/aromatic N) is 1. The Balaban J connectivity index is 1.64. The van der Waals surface area contributed by atoms with Gasteiger partial charge in [-0.15, -0.1) is 11.3 Å². The number of benzene rings is 1. The molecule has 6 N–H and O–H groups in total. The first-order valence-corrected chi connectivity index (χ1v) is 10.0. The van der Waals surface area contributed by atoms with Gasteiger partial charge in [0.2, 0.25) is 15.9 Å². The number of nitrogens with one attached hydrogen (secondary N) is 2. The minimum Gasteiger partial charge on any atom is -0.364 e. The van der Waals surface area contributed by atoms with Crippen molar-refractivity contribution < 1.29 is 18.0 Å². The zero-order chi connectivity index (χ0) is 19.6. The molecule has 0 fully saturated rings. The molecule has 0 saturated carbocycles. The summed E-state index contributed by atoms with van der Waals surface area (Å²) in [4.78, 5) is 30.3. The molecule has 2 amide bonds. The maximum absolute atomic E-state index is 12.1. The van der Waals surface area contributed by atoms with E-state index in [1.807, 2.05) is 0 Å². The van der Waals surface area contributed by atoms with Gasteiger partial charge in [-0.1, -0.05) is 12.1 Å². The third-order valence-electron chi connectivity index (χ3n) is 3.61. The van der Waals surface area contributed by atoms with Gasteiger partial charge in [0.05, 0.1) is 17.0 Å². The lowest BCUT2D eigenvalue weighted by molar-refractivity contribution is -0.115. The van der Waals surface area contributed by atoms with Gasteiger partial charge in [-0.2, -0.15) is 0 Å². The fourth-order valence-electron chi connectivity index (χ4n) is 2.29. The summed E-state index contributed by atoms with van der Waals surface area (Å²) in [5, 5.41) is 9.86. The van der Waals surface area contributed by atoms with Crippen molar-refractivity contribution in [3.8, 4) is 11.3 Å². The van der Waals surface area contributed by atoms with E-state index in [-0.39, 0.29) is 22.9 Å². The molecule has 0 atom stereocenters. The quantitative estimate of drug-likeness (QED) is 0.481. The van der Waals surface area contributed by atoms with Crippen molar-refractivity contribution in [3.05, 3.63) is 53.2 Å². The third-order valence-corrected chi connectivity index (χ3v) is 5.30. The Bertz CT molecular complexity index is 1100. The number of sulfonamides is 1. The molecule has 3 rings (SSSR count). The number of amides is 2. The summed E-state index contributed by atoms with van der Waals surface area (Å²) in [5.41, 5.74) is 7.37. The van der Waals surface area contributed by atoms with Gasteiger partial charge in [-0.25, -0.2) is 18.5 Å². The fourth-order valence-corrected chi connectivity index (χ4v) is 3.55. The van der Waals surface area contributed by atoms with Gasteiger partial charge in [0.15, 0.2) is 5.13 Å². The van der Waals surface area contributed by atoms with E-state index in [4.69, 9.17) is 10.9 Å². The number of aromatic nitrogens is 2. The predicted octanol–water partition coefficient (Wildman–Crippen LogP) is 1.07. The highest BCUT2D eigenvalue weighted by Gasteiger charge is 2.12. The lowest BCUT2D eigenvalue weighted by atomic mass is 10.1. The van der Waals surface area contributed by atoms with Crippen molar-refractivity contribution in [2.45, 2.75) is 11.3 Å². The third kappa shape index (κ3) is 4.58. The van der Waals surface area contributed by atoms with E-state index in [1.54, 1.807) is 17.6 Å². The van der Waals surface area contributed by atoms with Gasteiger partial charge in [0.25, 0.3) is 5.91 Å². The molecule has 1 aromatic carbocycles. The topological polar surface area (TPSA) is 161 Å². The van der Waals surface area contributed by atoms with Crippen LogP contribution in [0.25, 0.3) is 11.3 Å². The van der Waals surface area contributed by atoms with Gasteiger partial charge in [0, 0.05) is 17.1 Å². The van der Waals surface area contributed by atoms with Crippen molar-refractivity contribution in [1.82, 2.24) is 9.97 Å². The molecule has 2 heterocycles. The van der Waals surface area contributed by atoms with E-state index in [0.29, 0.717) is 22.0 Å². The van der Waals surface area contributed by atoms with E-state index >= 15 is 0 Å². The van der Waals surface area contributed by atoms with Gasteiger partial charge >= 0.3 is 0 Å². The predicted molar refractivity (Wildman–Crippen MR) is 101 cm³/mol. The zero-order valence-electron chi connectivity index (χ0n) is 13.8. The summed E-state index contributed by atoms with van der Waals surface area (Å²) in [6.07, 6.45) is 1.66. The zero-order valence-corrected chi connectivity index (χ0v) is 15.4. The first-order chi connectivity index (χ1) is 12.7. The Morgan fingerprint density at radius 3 is 2.52 bits per heavy atom. The minimum atomic E-state index is -3.76. The van der Waals surface area contributed by atoms with Gasteiger partial charge in [-0.05, 0) is 23.8 Å². The van der Waals surface area contributed by atoms with Crippen LogP contribution in [0.4, 0.5) is 5.13 Å². The highest BCUT2D eigenvalue weighted by Crippen LogP contribution is 2.25. The second-order valence-electron chi connectivity index (χ2n) is 5.62. The van der Waals surface area contributed by atoms with Crippen molar-refractivity contribution in [2.24, 2.45) is 10.9 Å². The Labute approximate surface area is 158 Å². The maximum Gasteiger partial charge on any atom is 0.265 e. The molecule has 140 valence electrons. The standard InChI is InChI=1S/C16H15N5O4S2/c17-15(23)12-6-10(7-19-12)13-8-26-16(20-13)21-14(22)5-9-1-3-11(4-2-9)27(18,24)25/h1-4,6-8,19H,5H2,(H2,17,23)(H2,18,24,25)(H,20,21,22). The number of aromatic amines is 1. The van der Waals surface area contributed by atoms with Crippen molar-refractivity contribution >= 4 is 38.3 Å². The summed E-state index contributed by atoms with van der Waals surface area (Å²) in [5.74, 6) is -0.871. The number of anilines is 1. The average Bonchev–Trinajstić information content (AvgIpc) is 3.23. The van der Waals surface area contributed by atoms with Crippen LogP contribution >= 0.6 is 11.3 Å². The molecule has 0 saturated heterocycles. The van der Waals surface area contributed by atoms with Crippen LogP contribution in [0.2, 0.25) is 0 Å². The van der Waals surface area contributed by atoms with Crippen LogP contribution in [0.1, 0.15) is 16.1 Å². The summed E-state index contributed by atoms with van der Waals surface area (Å²) in [6, 6.07) is 7.33. The number of primary sulfonamides is 1. The number of carbonyl (C=O) groups is 2. The largest absolute Gasteiger partial charge is 0.364 e. The van der Waals surface area contributed by atoms with Crippen LogP contribution in [-0.2, 0) is 21.2 Å². The van der Waals surface area contributed by atoms with Crippen molar-refractivity contribution in [2.75, 3.05) is 5.32 Å². The molecule has 0 spiro atoms. The molecule has 9 nitrogen and oxygen atoms in total. The van der Waals surface area contributed by atoms with Gasteiger partial charge in [-0.3, -0.25) is 9.59 Å². The van der Waals surface area contributed by atoms with E-state index in [9.17, 15) is 18.0 Å². The van der Waals surface area contributed by atoms with E-state index in [1.165, 1.54) is 35.6 Å². The molecule has 11 heteroatoms. The molecule has 0 aliphatic carbocycles.